The minimum absolute atomic E-state index is 0.00357. The van der Waals surface area contributed by atoms with Crippen LogP contribution in [0.1, 0.15) is 22.3 Å². The van der Waals surface area contributed by atoms with Gasteiger partial charge >= 0.3 is 5.97 Å². The standard InChI is InChI=1S/C19H19NO7S/c20-28(23,24)15-5-1-13(2-6-15)3-8-19(22)27-12-16(21)14-4-7-17-18(11-14)26-10-9-25-17/h1-2,4-7,11H,3,8-10,12H2,(H2,20,23,24). The maximum Gasteiger partial charge on any atom is 0.306 e. The van der Waals surface area contributed by atoms with Crippen molar-refractivity contribution in [3.63, 3.8) is 0 Å². The molecule has 2 aromatic carbocycles. The highest BCUT2D eigenvalue weighted by molar-refractivity contribution is 7.89. The van der Waals surface area contributed by atoms with E-state index in [-0.39, 0.29) is 23.7 Å². The van der Waals surface area contributed by atoms with Crippen LogP contribution in [0.5, 0.6) is 11.5 Å². The fraction of sp³-hybridized carbons (Fsp3) is 0.263. The third-order valence-electron chi connectivity index (χ3n) is 4.10. The molecule has 1 heterocycles. The lowest BCUT2D eigenvalue weighted by Gasteiger charge is -2.18. The summed E-state index contributed by atoms with van der Waals surface area (Å²) in [7, 11) is -3.75. The number of benzene rings is 2. The molecule has 0 unspecified atom stereocenters. The molecule has 9 heteroatoms. The molecular formula is C19H19NO7S. The summed E-state index contributed by atoms with van der Waals surface area (Å²) in [6, 6.07) is 10.7. The number of hydrogen-bond acceptors (Lipinski definition) is 7. The van der Waals surface area contributed by atoms with E-state index in [1.807, 2.05) is 0 Å². The molecule has 0 aliphatic carbocycles. The monoisotopic (exact) mass is 405 g/mol. The lowest BCUT2D eigenvalue weighted by atomic mass is 10.1. The molecule has 8 nitrogen and oxygen atoms in total. The van der Waals surface area contributed by atoms with Crippen LogP contribution in [-0.4, -0.2) is 40.0 Å². The van der Waals surface area contributed by atoms with Crippen LogP contribution in [0.25, 0.3) is 0 Å². The highest BCUT2D eigenvalue weighted by Crippen LogP contribution is 2.30. The van der Waals surface area contributed by atoms with Crippen LogP contribution < -0.4 is 14.6 Å². The summed E-state index contributed by atoms with van der Waals surface area (Å²) in [6.45, 7) is 0.503. The molecule has 0 saturated carbocycles. The first-order chi connectivity index (χ1) is 13.3. The number of nitrogens with two attached hydrogens (primary N) is 1. The molecule has 0 atom stereocenters. The molecule has 1 aliphatic rings. The predicted molar refractivity (Wildman–Crippen MR) is 98.9 cm³/mol. The molecule has 0 radical (unpaired) electrons. The second-order valence-electron chi connectivity index (χ2n) is 6.13. The Morgan fingerprint density at radius 3 is 2.36 bits per heavy atom. The van der Waals surface area contributed by atoms with Gasteiger partial charge in [0.05, 0.1) is 4.90 Å². The molecule has 0 bridgehead atoms. The average molecular weight is 405 g/mol. The van der Waals surface area contributed by atoms with E-state index in [1.54, 1.807) is 30.3 Å². The maximum absolute atomic E-state index is 12.2. The van der Waals surface area contributed by atoms with E-state index in [2.05, 4.69) is 0 Å². The van der Waals surface area contributed by atoms with E-state index in [0.717, 1.165) is 5.56 Å². The van der Waals surface area contributed by atoms with Crippen molar-refractivity contribution in [3.8, 4) is 11.5 Å². The Bertz CT molecular complexity index is 984. The Morgan fingerprint density at radius 1 is 1.00 bits per heavy atom. The normalized spacial score (nSPS) is 13.0. The zero-order valence-electron chi connectivity index (χ0n) is 14.9. The lowest BCUT2D eigenvalue weighted by molar-refractivity contribution is -0.142. The van der Waals surface area contributed by atoms with Gasteiger partial charge in [0.1, 0.15) is 13.2 Å². The van der Waals surface area contributed by atoms with E-state index >= 15 is 0 Å². The van der Waals surface area contributed by atoms with Crippen LogP contribution in [0, 0.1) is 0 Å². The molecule has 0 fully saturated rings. The second-order valence-corrected chi connectivity index (χ2v) is 7.69. The number of sulfonamides is 1. The van der Waals surface area contributed by atoms with Crippen molar-refractivity contribution in [2.24, 2.45) is 5.14 Å². The van der Waals surface area contributed by atoms with Crippen LogP contribution in [0.3, 0.4) is 0 Å². The number of aryl methyl sites for hydroxylation is 1. The number of esters is 1. The third-order valence-corrected chi connectivity index (χ3v) is 5.03. The largest absolute Gasteiger partial charge is 0.486 e. The van der Waals surface area contributed by atoms with Crippen molar-refractivity contribution < 1.29 is 32.2 Å². The number of fused-ring (bicyclic) bond motifs is 1. The number of carbonyl (C=O) groups excluding carboxylic acids is 2. The van der Waals surface area contributed by atoms with Gasteiger partial charge in [-0.25, -0.2) is 13.6 Å². The zero-order chi connectivity index (χ0) is 20.1. The van der Waals surface area contributed by atoms with Gasteiger partial charge in [0.2, 0.25) is 10.0 Å². The summed E-state index contributed by atoms with van der Waals surface area (Å²) >= 11 is 0. The van der Waals surface area contributed by atoms with Crippen molar-refractivity contribution in [2.45, 2.75) is 17.7 Å². The fourth-order valence-corrected chi connectivity index (χ4v) is 3.13. The van der Waals surface area contributed by atoms with Crippen LogP contribution in [0.4, 0.5) is 0 Å². The first-order valence-corrected chi connectivity index (χ1v) is 10.1. The van der Waals surface area contributed by atoms with Crippen molar-refractivity contribution >= 4 is 21.8 Å². The highest BCUT2D eigenvalue weighted by atomic mass is 32.2. The first kappa shape index (κ1) is 19.8. The molecule has 0 amide bonds. The molecule has 28 heavy (non-hydrogen) atoms. The highest BCUT2D eigenvalue weighted by Gasteiger charge is 2.16. The summed E-state index contributed by atoms with van der Waals surface area (Å²) in [5.41, 5.74) is 1.12. The Balaban J connectivity index is 1.48. The Kier molecular flexibility index (Phi) is 5.96. The fourth-order valence-electron chi connectivity index (χ4n) is 2.61. The van der Waals surface area contributed by atoms with Crippen LogP contribution in [0.15, 0.2) is 47.4 Å². The van der Waals surface area contributed by atoms with E-state index in [1.165, 1.54) is 12.1 Å². The van der Waals surface area contributed by atoms with Gasteiger partial charge in [0.25, 0.3) is 0 Å². The minimum atomic E-state index is -3.75. The summed E-state index contributed by atoms with van der Waals surface area (Å²) in [5.74, 6) is 0.198. The van der Waals surface area contributed by atoms with Gasteiger partial charge < -0.3 is 14.2 Å². The Morgan fingerprint density at radius 2 is 1.68 bits per heavy atom. The summed E-state index contributed by atoms with van der Waals surface area (Å²) in [5, 5.41) is 5.03. The lowest BCUT2D eigenvalue weighted by Crippen LogP contribution is -2.17. The molecule has 0 saturated heterocycles. The number of hydrogen-bond donors (Lipinski definition) is 1. The van der Waals surface area contributed by atoms with Gasteiger partial charge in [-0.3, -0.25) is 9.59 Å². The van der Waals surface area contributed by atoms with E-state index in [4.69, 9.17) is 19.3 Å². The van der Waals surface area contributed by atoms with E-state index in [9.17, 15) is 18.0 Å². The SMILES string of the molecule is NS(=O)(=O)c1ccc(CCC(=O)OCC(=O)c2ccc3c(c2)OCCO3)cc1. The van der Waals surface area contributed by atoms with Crippen molar-refractivity contribution in [1.82, 2.24) is 0 Å². The number of ether oxygens (including phenoxy) is 3. The molecule has 1 aliphatic heterocycles. The number of rotatable bonds is 7. The van der Waals surface area contributed by atoms with Gasteiger partial charge in [-0.2, -0.15) is 0 Å². The smallest absolute Gasteiger partial charge is 0.306 e. The topological polar surface area (TPSA) is 122 Å². The quantitative estimate of drug-likeness (QED) is 0.547. The Hall–Kier alpha value is -2.91. The molecule has 148 valence electrons. The van der Waals surface area contributed by atoms with Gasteiger partial charge in [-0.15, -0.1) is 0 Å². The van der Waals surface area contributed by atoms with Gasteiger partial charge in [-0.1, -0.05) is 12.1 Å². The van der Waals surface area contributed by atoms with Gasteiger partial charge in [0.15, 0.2) is 23.9 Å². The van der Waals surface area contributed by atoms with Gasteiger partial charge in [0, 0.05) is 12.0 Å². The third kappa shape index (κ3) is 5.08. The van der Waals surface area contributed by atoms with Crippen molar-refractivity contribution in [2.75, 3.05) is 19.8 Å². The van der Waals surface area contributed by atoms with Crippen molar-refractivity contribution in [1.29, 1.82) is 0 Å². The molecule has 0 spiro atoms. The van der Waals surface area contributed by atoms with Crippen LogP contribution >= 0.6 is 0 Å². The second kappa shape index (κ2) is 8.41. The van der Waals surface area contributed by atoms with E-state index in [0.29, 0.717) is 36.7 Å². The molecule has 2 N–H and O–H groups in total. The summed E-state index contributed by atoms with van der Waals surface area (Å²) in [4.78, 5) is 24.1. The molecule has 3 rings (SSSR count). The van der Waals surface area contributed by atoms with Crippen LogP contribution in [0.2, 0.25) is 0 Å². The summed E-state index contributed by atoms with van der Waals surface area (Å²) < 4.78 is 38.3. The number of ketones is 1. The minimum Gasteiger partial charge on any atom is -0.486 e. The van der Waals surface area contributed by atoms with Crippen LogP contribution in [-0.2, 0) is 26.0 Å². The molecule has 2 aromatic rings. The molecule has 0 aromatic heterocycles. The maximum atomic E-state index is 12.2. The summed E-state index contributed by atoms with van der Waals surface area (Å²) in [6.07, 6.45) is 0.408. The first-order valence-electron chi connectivity index (χ1n) is 8.53. The number of Topliss-reactive ketones (excluding diaryl/α,β-unsaturated/α-hetero) is 1. The number of carbonyl (C=O) groups is 2. The predicted octanol–water partition coefficient (Wildman–Crippen LogP) is 1.46. The average Bonchev–Trinajstić information content (AvgIpc) is 2.69. The number of primary sulfonamides is 1. The van der Waals surface area contributed by atoms with Crippen molar-refractivity contribution in [3.05, 3.63) is 53.6 Å². The molecular weight excluding hydrogens is 386 g/mol. The zero-order valence-corrected chi connectivity index (χ0v) is 15.7. The van der Waals surface area contributed by atoms with Gasteiger partial charge in [-0.05, 0) is 42.3 Å². The van der Waals surface area contributed by atoms with E-state index < -0.39 is 16.0 Å². The Labute approximate surface area is 162 Å².